The molecule has 0 radical (unpaired) electrons. The lowest BCUT2D eigenvalue weighted by molar-refractivity contribution is -0.122. The zero-order valence-electron chi connectivity index (χ0n) is 7.12. The van der Waals surface area contributed by atoms with E-state index in [2.05, 4.69) is 5.32 Å². The molecule has 4 heteroatoms. The number of carbonyl (C=O) groups is 1. The molecule has 0 aromatic carbocycles. The van der Waals surface area contributed by atoms with Gasteiger partial charge in [-0.1, -0.05) is 0 Å². The van der Waals surface area contributed by atoms with E-state index in [9.17, 15) is 9.90 Å². The maximum atomic E-state index is 11.0. The van der Waals surface area contributed by atoms with Gasteiger partial charge in [-0.05, 0) is 19.3 Å². The molecule has 1 fully saturated rings. The molecule has 1 aliphatic carbocycles. The summed E-state index contributed by atoms with van der Waals surface area (Å²) >= 11 is 0. The Morgan fingerprint density at radius 3 is 2.83 bits per heavy atom. The number of hydrogen-bond donors (Lipinski definition) is 3. The molecule has 1 aliphatic rings. The summed E-state index contributed by atoms with van der Waals surface area (Å²) < 4.78 is 0. The molecule has 2 atom stereocenters. The van der Waals surface area contributed by atoms with Crippen molar-refractivity contribution in [2.24, 2.45) is 5.73 Å². The lowest BCUT2D eigenvalue weighted by atomic mass is 10.2. The van der Waals surface area contributed by atoms with E-state index in [-0.39, 0.29) is 18.1 Å². The number of hydrogen-bond acceptors (Lipinski definition) is 3. The predicted molar refractivity (Wildman–Crippen MR) is 45.5 cm³/mol. The number of nitrogens with two attached hydrogens (primary N) is 1. The zero-order chi connectivity index (χ0) is 8.97. The Kier molecular flexibility index (Phi) is 3.49. The molecule has 0 heterocycles. The van der Waals surface area contributed by atoms with E-state index in [4.69, 9.17) is 5.73 Å². The van der Waals surface area contributed by atoms with Gasteiger partial charge in [0, 0.05) is 13.0 Å². The highest BCUT2D eigenvalue weighted by atomic mass is 16.3. The van der Waals surface area contributed by atoms with E-state index >= 15 is 0 Å². The van der Waals surface area contributed by atoms with Crippen molar-refractivity contribution in [2.75, 3.05) is 6.54 Å². The van der Waals surface area contributed by atoms with Gasteiger partial charge < -0.3 is 16.2 Å². The van der Waals surface area contributed by atoms with Crippen LogP contribution in [-0.2, 0) is 4.79 Å². The van der Waals surface area contributed by atoms with Gasteiger partial charge in [0.2, 0.25) is 5.91 Å². The number of nitrogens with one attached hydrogen (secondary N) is 1. The Balaban J connectivity index is 2.25. The zero-order valence-corrected chi connectivity index (χ0v) is 7.12. The second kappa shape index (κ2) is 4.42. The monoisotopic (exact) mass is 172 g/mol. The van der Waals surface area contributed by atoms with Crippen molar-refractivity contribution >= 4 is 5.91 Å². The first-order chi connectivity index (χ1) is 5.74. The second-order valence-corrected chi connectivity index (χ2v) is 3.21. The highest BCUT2D eigenvalue weighted by Crippen LogP contribution is 2.18. The molecule has 1 rings (SSSR count). The molecular formula is C8H16N2O2. The van der Waals surface area contributed by atoms with E-state index in [0.717, 1.165) is 19.3 Å². The Hall–Kier alpha value is -0.610. The topological polar surface area (TPSA) is 75.4 Å². The number of rotatable bonds is 3. The van der Waals surface area contributed by atoms with Crippen LogP contribution in [0, 0.1) is 0 Å². The predicted octanol–water partition coefficient (Wildman–Crippen LogP) is -0.635. The number of carbonyl (C=O) groups excluding carboxylic acids is 1. The molecule has 1 saturated carbocycles. The summed E-state index contributed by atoms with van der Waals surface area (Å²) in [5.74, 6) is -0.0524. The fraction of sp³-hybridized carbons (Fsp3) is 0.875. The molecule has 2 unspecified atom stereocenters. The van der Waals surface area contributed by atoms with Gasteiger partial charge in [-0.2, -0.15) is 0 Å². The minimum Gasteiger partial charge on any atom is -0.391 e. The quantitative estimate of drug-likeness (QED) is 0.530. The highest BCUT2D eigenvalue weighted by Gasteiger charge is 2.25. The van der Waals surface area contributed by atoms with Gasteiger partial charge in [0.05, 0.1) is 12.1 Å². The third kappa shape index (κ3) is 2.46. The van der Waals surface area contributed by atoms with Gasteiger partial charge in [-0.15, -0.1) is 0 Å². The van der Waals surface area contributed by atoms with Gasteiger partial charge in [-0.25, -0.2) is 0 Å². The van der Waals surface area contributed by atoms with Crippen molar-refractivity contribution in [3.8, 4) is 0 Å². The van der Waals surface area contributed by atoms with Crippen LogP contribution in [0.5, 0.6) is 0 Å². The Morgan fingerprint density at radius 2 is 2.33 bits per heavy atom. The smallest absolute Gasteiger partial charge is 0.221 e. The van der Waals surface area contributed by atoms with Crippen LogP contribution < -0.4 is 11.1 Å². The number of aliphatic hydroxyl groups is 1. The minimum absolute atomic E-state index is 0.0379. The summed E-state index contributed by atoms with van der Waals surface area (Å²) in [6.07, 6.45) is 2.68. The lowest BCUT2D eigenvalue weighted by Gasteiger charge is -2.15. The van der Waals surface area contributed by atoms with Crippen LogP contribution in [0.25, 0.3) is 0 Å². The van der Waals surface area contributed by atoms with Crippen molar-refractivity contribution in [2.45, 2.75) is 37.8 Å². The number of amides is 1. The maximum Gasteiger partial charge on any atom is 0.221 e. The normalized spacial score (nSPS) is 28.8. The molecule has 4 nitrogen and oxygen atoms in total. The molecule has 0 bridgehead atoms. The molecule has 0 saturated heterocycles. The molecule has 0 aromatic rings. The van der Waals surface area contributed by atoms with E-state index < -0.39 is 0 Å². The van der Waals surface area contributed by atoms with E-state index in [1.165, 1.54) is 0 Å². The first kappa shape index (κ1) is 9.48. The maximum absolute atomic E-state index is 11.0. The third-order valence-electron chi connectivity index (χ3n) is 2.20. The SMILES string of the molecule is NCCC(=O)NC1CCCC1O. The Morgan fingerprint density at radius 1 is 1.58 bits per heavy atom. The fourth-order valence-corrected chi connectivity index (χ4v) is 1.52. The van der Waals surface area contributed by atoms with Crippen molar-refractivity contribution in [1.82, 2.24) is 5.32 Å². The fourth-order valence-electron chi connectivity index (χ4n) is 1.52. The van der Waals surface area contributed by atoms with Crippen LogP contribution >= 0.6 is 0 Å². The summed E-state index contributed by atoms with van der Waals surface area (Å²) in [6.45, 7) is 0.370. The molecule has 4 N–H and O–H groups in total. The number of aliphatic hydroxyl groups excluding tert-OH is 1. The Bertz CT molecular complexity index is 161. The van der Waals surface area contributed by atoms with Gasteiger partial charge in [0.1, 0.15) is 0 Å². The van der Waals surface area contributed by atoms with Crippen molar-refractivity contribution in [1.29, 1.82) is 0 Å². The van der Waals surface area contributed by atoms with E-state index in [1.54, 1.807) is 0 Å². The van der Waals surface area contributed by atoms with Crippen LogP contribution in [-0.4, -0.2) is 29.7 Å². The second-order valence-electron chi connectivity index (χ2n) is 3.21. The molecule has 0 aromatic heterocycles. The third-order valence-corrected chi connectivity index (χ3v) is 2.20. The lowest BCUT2D eigenvalue weighted by Crippen LogP contribution is -2.40. The molecule has 12 heavy (non-hydrogen) atoms. The summed E-state index contributed by atoms with van der Waals surface area (Å²) in [4.78, 5) is 11.0. The van der Waals surface area contributed by atoms with Gasteiger partial charge >= 0.3 is 0 Å². The average Bonchev–Trinajstić information content (AvgIpc) is 2.37. The summed E-state index contributed by atoms with van der Waals surface area (Å²) in [6, 6.07) is -0.0379. The molecule has 70 valence electrons. The first-order valence-electron chi connectivity index (χ1n) is 4.41. The van der Waals surface area contributed by atoms with Crippen LogP contribution in [0.2, 0.25) is 0 Å². The van der Waals surface area contributed by atoms with Crippen LogP contribution in [0.3, 0.4) is 0 Å². The van der Waals surface area contributed by atoms with Crippen LogP contribution in [0.4, 0.5) is 0 Å². The average molecular weight is 172 g/mol. The van der Waals surface area contributed by atoms with Crippen molar-refractivity contribution in [3.63, 3.8) is 0 Å². The summed E-state index contributed by atoms with van der Waals surface area (Å²) in [5.41, 5.74) is 5.22. The van der Waals surface area contributed by atoms with Crippen molar-refractivity contribution in [3.05, 3.63) is 0 Å². The van der Waals surface area contributed by atoms with E-state index in [1.807, 2.05) is 0 Å². The van der Waals surface area contributed by atoms with E-state index in [0.29, 0.717) is 13.0 Å². The standard InChI is InChI=1S/C8H16N2O2/c9-5-4-8(12)10-6-2-1-3-7(6)11/h6-7,11H,1-5,9H2,(H,10,12). The first-order valence-corrected chi connectivity index (χ1v) is 4.41. The molecule has 1 amide bonds. The van der Waals surface area contributed by atoms with Gasteiger partial charge in [-0.3, -0.25) is 4.79 Å². The molecular weight excluding hydrogens is 156 g/mol. The van der Waals surface area contributed by atoms with Crippen LogP contribution in [0.1, 0.15) is 25.7 Å². The molecule has 0 aliphatic heterocycles. The highest BCUT2D eigenvalue weighted by molar-refractivity contribution is 5.76. The van der Waals surface area contributed by atoms with Gasteiger partial charge in [0.15, 0.2) is 0 Å². The molecule has 0 spiro atoms. The minimum atomic E-state index is -0.355. The van der Waals surface area contributed by atoms with Gasteiger partial charge in [0.25, 0.3) is 0 Å². The Labute approximate surface area is 72.1 Å². The van der Waals surface area contributed by atoms with Crippen molar-refractivity contribution < 1.29 is 9.90 Å². The largest absolute Gasteiger partial charge is 0.391 e. The summed E-state index contributed by atoms with van der Waals surface area (Å²) in [7, 11) is 0. The summed E-state index contributed by atoms with van der Waals surface area (Å²) in [5, 5.41) is 12.1. The van der Waals surface area contributed by atoms with Crippen LogP contribution in [0.15, 0.2) is 0 Å².